The summed E-state index contributed by atoms with van der Waals surface area (Å²) in [6, 6.07) is 60.5. The maximum atomic E-state index is 4.95. The first-order valence-electron chi connectivity index (χ1n) is 16.0. The second-order valence-corrected chi connectivity index (χ2v) is 11.6. The fourth-order valence-electron chi connectivity index (χ4n) is 5.83. The van der Waals surface area contributed by atoms with Crippen molar-refractivity contribution in [3.63, 3.8) is 0 Å². The number of rotatable bonds is 7. The number of hydrogen-bond acceptors (Lipinski definition) is 4. The Hall–Kier alpha value is -6.52. The number of nitrogens with zero attached hydrogens (tertiary/aromatic N) is 4. The van der Waals surface area contributed by atoms with Crippen LogP contribution in [0.2, 0.25) is 0 Å². The van der Waals surface area contributed by atoms with Crippen molar-refractivity contribution in [3.05, 3.63) is 182 Å². The van der Waals surface area contributed by atoms with Crippen molar-refractivity contribution < 1.29 is 0 Å². The quantitative estimate of drug-likeness (QED) is 0.179. The van der Waals surface area contributed by atoms with Crippen molar-refractivity contribution in [1.29, 1.82) is 0 Å². The Labute approximate surface area is 280 Å². The lowest BCUT2D eigenvalue weighted by Crippen LogP contribution is -2.00. The van der Waals surface area contributed by atoms with Gasteiger partial charge in [0.2, 0.25) is 0 Å². The van der Waals surface area contributed by atoms with Gasteiger partial charge in [0.15, 0.2) is 17.5 Å². The van der Waals surface area contributed by atoms with E-state index in [0.717, 1.165) is 44.6 Å². The predicted octanol–water partition coefficient (Wildman–Crippen LogP) is 10.9. The molecular formula is C44H30N4. The SMILES string of the molecule is c1ccc(-c2ccc(-c3nc(-c4ccccc4)nc(-c4ccc(-c5ccc(-c6ccc(-c7ccccn7)cc6)cc5)cc4)n3)cc2)cc1. The van der Waals surface area contributed by atoms with Gasteiger partial charge < -0.3 is 0 Å². The first kappa shape index (κ1) is 28.9. The molecule has 4 nitrogen and oxygen atoms in total. The molecule has 0 spiro atoms. The fourth-order valence-corrected chi connectivity index (χ4v) is 5.83. The second kappa shape index (κ2) is 13.1. The second-order valence-electron chi connectivity index (χ2n) is 11.6. The van der Waals surface area contributed by atoms with Crippen LogP contribution in [-0.4, -0.2) is 19.9 Å². The predicted molar refractivity (Wildman–Crippen MR) is 196 cm³/mol. The largest absolute Gasteiger partial charge is 0.256 e. The lowest BCUT2D eigenvalue weighted by molar-refractivity contribution is 1.07. The van der Waals surface area contributed by atoms with Gasteiger partial charge in [-0.2, -0.15) is 0 Å². The molecule has 8 aromatic rings. The molecule has 0 saturated heterocycles. The molecule has 0 N–H and O–H groups in total. The first-order valence-corrected chi connectivity index (χ1v) is 16.0. The van der Waals surface area contributed by atoms with Gasteiger partial charge in [-0.25, -0.2) is 15.0 Å². The van der Waals surface area contributed by atoms with Crippen molar-refractivity contribution in [3.8, 4) is 78.8 Å². The van der Waals surface area contributed by atoms with Crippen LogP contribution in [0.5, 0.6) is 0 Å². The Morgan fingerprint density at radius 1 is 0.229 bits per heavy atom. The van der Waals surface area contributed by atoms with E-state index in [0.29, 0.717) is 17.5 Å². The van der Waals surface area contributed by atoms with Crippen LogP contribution < -0.4 is 0 Å². The molecule has 2 aromatic heterocycles. The fraction of sp³-hybridized carbons (Fsp3) is 0. The molecule has 0 fully saturated rings. The van der Waals surface area contributed by atoms with Gasteiger partial charge in [-0.1, -0.05) is 164 Å². The topological polar surface area (TPSA) is 51.6 Å². The van der Waals surface area contributed by atoms with Crippen molar-refractivity contribution in [2.45, 2.75) is 0 Å². The highest BCUT2D eigenvalue weighted by atomic mass is 15.0. The van der Waals surface area contributed by atoms with E-state index in [-0.39, 0.29) is 0 Å². The summed E-state index contributed by atoms with van der Waals surface area (Å²) in [7, 11) is 0. The summed E-state index contributed by atoms with van der Waals surface area (Å²) in [5.41, 5.74) is 11.9. The van der Waals surface area contributed by atoms with Gasteiger partial charge in [0.25, 0.3) is 0 Å². The van der Waals surface area contributed by atoms with Gasteiger partial charge in [-0.15, -0.1) is 0 Å². The summed E-state index contributed by atoms with van der Waals surface area (Å²) >= 11 is 0. The molecule has 0 aliphatic carbocycles. The highest BCUT2D eigenvalue weighted by Crippen LogP contribution is 2.30. The molecular weight excluding hydrogens is 585 g/mol. The van der Waals surface area contributed by atoms with Gasteiger partial charge in [0.05, 0.1) is 5.69 Å². The molecule has 8 rings (SSSR count). The zero-order valence-electron chi connectivity index (χ0n) is 26.1. The minimum atomic E-state index is 0.641. The third kappa shape index (κ3) is 6.15. The van der Waals surface area contributed by atoms with E-state index in [9.17, 15) is 0 Å². The highest BCUT2D eigenvalue weighted by molar-refractivity contribution is 5.75. The van der Waals surface area contributed by atoms with Crippen molar-refractivity contribution in [2.24, 2.45) is 0 Å². The van der Waals surface area contributed by atoms with Crippen LogP contribution in [0.25, 0.3) is 78.8 Å². The molecule has 0 aliphatic heterocycles. The Bertz CT molecular complexity index is 2270. The molecule has 0 atom stereocenters. The average molecular weight is 615 g/mol. The van der Waals surface area contributed by atoms with E-state index in [2.05, 4.69) is 126 Å². The van der Waals surface area contributed by atoms with E-state index >= 15 is 0 Å². The van der Waals surface area contributed by atoms with Gasteiger partial charge in [-0.3, -0.25) is 4.98 Å². The molecule has 226 valence electrons. The molecule has 0 bridgehead atoms. The molecule has 0 radical (unpaired) electrons. The minimum Gasteiger partial charge on any atom is -0.256 e. The maximum Gasteiger partial charge on any atom is 0.164 e. The molecule has 0 aliphatic rings. The zero-order valence-corrected chi connectivity index (χ0v) is 26.1. The normalized spacial score (nSPS) is 10.9. The van der Waals surface area contributed by atoms with Crippen LogP contribution in [0, 0.1) is 0 Å². The van der Waals surface area contributed by atoms with Crippen LogP contribution >= 0.6 is 0 Å². The van der Waals surface area contributed by atoms with E-state index < -0.39 is 0 Å². The van der Waals surface area contributed by atoms with Gasteiger partial charge in [-0.05, 0) is 45.5 Å². The van der Waals surface area contributed by atoms with Crippen LogP contribution in [0.1, 0.15) is 0 Å². The Morgan fingerprint density at radius 3 is 0.896 bits per heavy atom. The van der Waals surface area contributed by atoms with Crippen molar-refractivity contribution in [2.75, 3.05) is 0 Å². The Balaban J connectivity index is 1.07. The Kier molecular flexibility index (Phi) is 7.87. The number of hydrogen-bond donors (Lipinski definition) is 0. The standard InChI is InChI=1S/C44H30N4/c1-3-9-31(10-4-1)32-20-26-39(27-21-32)43-46-42(38-11-5-2-6-12-38)47-44(48-43)40-28-22-36(23-29-40)34-16-14-33(15-17-34)35-18-24-37(25-19-35)41-13-7-8-30-45-41/h1-30H. The van der Waals surface area contributed by atoms with E-state index in [1.165, 1.54) is 16.7 Å². The zero-order chi connectivity index (χ0) is 32.1. The van der Waals surface area contributed by atoms with Crippen LogP contribution in [0.15, 0.2) is 182 Å². The highest BCUT2D eigenvalue weighted by Gasteiger charge is 2.13. The van der Waals surface area contributed by atoms with Crippen molar-refractivity contribution in [1.82, 2.24) is 19.9 Å². The third-order valence-electron chi connectivity index (χ3n) is 8.46. The molecule has 4 heteroatoms. The molecule has 2 heterocycles. The summed E-state index contributed by atoms with van der Waals surface area (Å²) in [4.78, 5) is 19.2. The van der Waals surface area contributed by atoms with E-state index in [1.807, 2.05) is 60.8 Å². The lowest BCUT2D eigenvalue weighted by Gasteiger charge is -2.10. The average Bonchev–Trinajstić information content (AvgIpc) is 3.19. The summed E-state index contributed by atoms with van der Waals surface area (Å²) in [5.74, 6) is 1.93. The van der Waals surface area contributed by atoms with Crippen LogP contribution in [0.3, 0.4) is 0 Å². The first-order chi connectivity index (χ1) is 23.8. The van der Waals surface area contributed by atoms with Gasteiger partial charge >= 0.3 is 0 Å². The van der Waals surface area contributed by atoms with E-state index in [1.54, 1.807) is 0 Å². The van der Waals surface area contributed by atoms with Crippen molar-refractivity contribution >= 4 is 0 Å². The summed E-state index contributed by atoms with van der Waals surface area (Å²) < 4.78 is 0. The summed E-state index contributed by atoms with van der Waals surface area (Å²) in [5, 5.41) is 0. The van der Waals surface area contributed by atoms with Crippen LogP contribution in [-0.2, 0) is 0 Å². The van der Waals surface area contributed by atoms with Gasteiger partial charge in [0, 0.05) is 28.5 Å². The monoisotopic (exact) mass is 614 g/mol. The van der Waals surface area contributed by atoms with E-state index in [4.69, 9.17) is 15.0 Å². The molecule has 0 amide bonds. The maximum absolute atomic E-state index is 4.95. The van der Waals surface area contributed by atoms with Gasteiger partial charge in [0.1, 0.15) is 0 Å². The molecule has 48 heavy (non-hydrogen) atoms. The molecule has 0 unspecified atom stereocenters. The summed E-state index contributed by atoms with van der Waals surface area (Å²) in [6.45, 7) is 0. The number of benzene rings is 6. The lowest BCUT2D eigenvalue weighted by atomic mass is 9.98. The Morgan fingerprint density at radius 2 is 0.521 bits per heavy atom. The number of pyridine rings is 1. The smallest absolute Gasteiger partial charge is 0.164 e. The number of aromatic nitrogens is 4. The molecule has 6 aromatic carbocycles. The van der Waals surface area contributed by atoms with Crippen LogP contribution in [0.4, 0.5) is 0 Å². The summed E-state index contributed by atoms with van der Waals surface area (Å²) in [6.07, 6.45) is 1.82. The minimum absolute atomic E-state index is 0.641. The molecule has 0 saturated carbocycles. The third-order valence-corrected chi connectivity index (χ3v) is 8.46.